The van der Waals surface area contributed by atoms with E-state index in [4.69, 9.17) is 9.98 Å². The van der Waals surface area contributed by atoms with Crippen molar-refractivity contribution in [2.45, 2.75) is 25.9 Å². The minimum Gasteiger partial charge on any atom is -0.389 e. The minimum atomic E-state index is -3.47. The maximum absolute atomic E-state index is 10.6. The monoisotopic (exact) mass is 192 g/mol. The van der Waals surface area contributed by atoms with Crippen LogP contribution in [0.15, 0.2) is 5.16 Å². The molecule has 0 bridgehead atoms. The third-order valence-corrected chi connectivity index (χ3v) is 2.16. The van der Waals surface area contributed by atoms with Crippen LogP contribution in [0.2, 0.25) is 0 Å². The zero-order valence-corrected chi connectivity index (χ0v) is 7.89. The van der Waals surface area contributed by atoms with Crippen LogP contribution >= 0.6 is 0 Å². The summed E-state index contributed by atoms with van der Waals surface area (Å²) in [5.74, 6) is -0.212. The summed E-state index contributed by atoms with van der Waals surface area (Å²) in [5.41, 5.74) is 0.0996. The molecule has 0 saturated carbocycles. The van der Waals surface area contributed by atoms with Crippen molar-refractivity contribution in [2.75, 3.05) is 5.75 Å². The maximum Gasteiger partial charge on any atom is 0.214 e. The van der Waals surface area contributed by atoms with Crippen LogP contribution in [-0.2, 0) is 14.9 Å². The average molecular weight is 192 g/mol. The standard InChI is InChI=1S/C6H12N2O3S/c1-6(2)3-5(8-11-6)4-12(7,9)10/h3-4H2,1-2H3,(H2,7,9,10). The summed E-state index contributed by atoms with van der Waals surface area (Å²) < 4.78 is 21.3. The molecule has 0 atom stereocenters. The van der Waals surface area contributed by atoms with E-state index >= 15 is 0 Å². The highest BCUT2D eigenvalue weighted by Gasteiger charge is 2.30. The van der Waals surface area contributed by atoms with Gasteiger partial charge in [0, 0.05) is 6.42 Å². The summed E-state index contributed by atoms with van der Waals surface area (Å²) >= 11 is 0. The molecule has 0 aromatic heterocycles. The van der Waals surface area contributed by atoms with Crippen LogP contribution < -0.4 is 5.14 Å². The van der Waals surface area contributed by atoms with E-state index in [0.717, 1.165) is 0 Å². The zero-order valence-electron chi connectivity index (χ0n) is 7.07. The van der Waals surface area contributed by atoms with Crippen LogP contribution in [0.1, 0.15) is 20.3 Å². The Hall–Kier alpha value is -0.620. The number of primary sulfonamides is 1. The fourth-order valence-electron chi connectivity index (χ4n) is 1.05. The van der Waals surface area contributed by atoms with E-state index in [1.165, 1.54) is 0 Å². The average Bonchev–Trinajstić information content (AvgIpc) is 2.05. The molecule has 2 N–H and O–H groups in total. The van der Waals surface area contributed by atoms with Crippen LogP contribution in [0.3, 0.4) is 0 Å². The summed E-state index contributed by atoms with van der Waals surface area (Å²) in [7, 11) is -3.47. The van der Waals surface area contributed by atoms with Gasteiger partial charge in [-0.3, -0.25) is 0 Å². The molecule has 0 aromatic rings. The Morgan fingerprint density at radius 3 is 2.58 bits per heavy atom. The summed E-state index contributed by atoms with van der Waals surface area (Å²) in [6.07, 6.45) is 0.517. The Labute approximate surface area is 71.6 Å². The second-order valence-corrected chi connectivity index (χ2v) is 5.11. The quantitative estimate of drug-likeness (QED) is 0.659. The first-order chi connectivity index (χ1) is 5.29. The summed E-state index contributed by atoms with van der Waals surface area (Å²) in [5, 5.41) is 8.47. The molecule has 0 aromatic carbocycles. The molecular weight excluding hydrogens is 180 g/mol. The van der Waals surface area contributed by atoms with Crippen molar-refractivity contribution in [3.8, 4) is 0 Å². The highest BCUT2D eigenvalue weighted by atomic mass is 32.2. The van der Waals surface area contributed by atoms with Crippen molar-refractivity contribution in [2.24, 2.45) is 10.3 Å². The molecule has 1 aliphatic rings. The Balaban J connectivity index is 2.60. The SMILES string of the molecule is CC1(C)CC(CS(N)(=O)=O)=NO1. The Bertz CT molecular complexity index is 305. The molecule has 70 valence electrons. The van der Waals surface area contributed by atoms with Gasteiger partial charge >= 0.3 is 0 Å². The maximum atomic E-state index is 10.6. The lowest BCUT2D eigenvalue weighted by Gasteiger charge is -2.13. The number of hydrogen-bond acceptors (Lipinski definition) is 4. The largest absolute Gasteiger partial charge is 0.389 e. The van der Waals surface area contributed by atoms with Crippen LogP contribution in [0.25, 0.3) is 0 Å². The normalized spacial score (nSPS) is 21.8. The fraction of sp³-hybridized carbons (Fsp3) is 0.833. The molecule has 0 fully saturated rings. The number of nitrogens with two attached hydrogens (primary N) is 1. The van der Waals surface area contributed by atoms with Gasteiger partial charge < -0.3 is 4.84 Å². The van der Waals surface area contributed by atoms with Gasteiger partial charge in [-0.2, -0.15) is 0 Å². The molecule has 6 heteroatoms. The molecule has 12 heavy (non-hydrogen) atoms. The van der Waals surface area contributed by atoms with Crippen LogP contribution in [-0.4, -0.2) is 25.5 Å². The van der Waals surface area contributed by atoms with E-state index < -0.39 is 10.0 Å². The van der Waals surface area contributed by atoms with Gasteiger partial charge in [-0.15, -0.1) is 0 Å². The van der Waals surface area contributed by atoms with Crippen molar-refractivity contribution >= 4 is 15.7 Å². The van der Waals surface area contributed by atoms with Gasteiger partial charge in [0.05, 0.1) is 5.71 Å². The fourth-order valence-corrected chi connectivity index (χ4v) is 1.67. The molecule has 0 saturated heterocycles. The molecule has 0 amide bonds. The highest BCUT2D eigenvalue weighted by molar-refractivity contribution is 7.89. The van der Waals surface area contributed by atoms with Gasteiger partial charge in [-0.05, 0) is 13.8 Å². The van der Waals surface area contributed by atoms with Gasteiger partial charge in [-0.25, -0.2) is 13.6 Å². The summed E-state index contributed by atoms with van der Waals surface area (Å²) in [4.78, 5) is 4.97. The van der Waals surface area contributed by atoms with E-state index in [-0.39, 0.29) is 11.4 Å². The minimum absolute atomic E-state index is 0.212. The van der Waals surface area contributed by atoms with E-state index in [1.807, 2.05) is 13.8 Å². The van der Waals surface area contributed by atoms with E-state index in [1.54, 1.807) is 0 Å². The topological polar surface area (TPSA) is 81.8 Å². The van der Waals surface area contributed by atoms with E-state index in [0.29, 0.717) is 12.1 Å². The first-order valence-corrected chi connectivity index (χ1v) is 5.24. The number of hydrogen-bond donors (Lipinski definition) is 1. The number of sulfonamides is 1. The zero-order chi connectivity index (χ0) is 9.41. The Morgan fingerprint density at radius 1 is 1.67 bits per heavy atom. The van der Waals surface area contributed by atoms with Crippen molar-refractivity contribution in [1.82, 2.24) is 0 Å². The molecule has 0 spiro atoms. The van der Waals surface area contributed by atoms with Crippen LogP contribution in [0.5, 0.6) is 0 Å². The lowest BCUT2D eigenvalue weighted by Crippen LogP contribution is -2.25. The van der Waals surface area contributed by atoms with E-state index in [2.05, 4.69) is 5.16 Å². The van der Waals surface area contributed by atoms with Gasteiger partial charge in [0.1, 0.15) is 11.4 Å². The smallest absolute Gasteiger partial charge is 0.214 e. The van der Waals surface area contributed by atoms with Crippen LogP contribution in [0, 0.1) is 0 Å². The molecule has 1 aliphatic heterocycles. The summed E-state index contributed by atoms with van der Waals surface area (Å²) in [6, 6.07) is 0. The van der Waals surface area contributed by atoms with Gasteiger partial charge in [-0.1, -0.05) is 5.16 Å². The van der Waals surface area contributed by atoms with Crippen molar-refractivity contribution in [3.63, 3.8) is 0 Å². The van der Waals surface area contributed by atoms with Gasteiger partial charge in [0.2, 0.25) is 10.0 Å². The first kappa shape index (κ1) is 9.47. The molecule has 5 nitrogen and oxygen atoms in total. The molecular formula is C6H12N2O3S. The highest BCUT2D eigenvalue weighted by Crippen LogP contribution is 2.22. The number of oxime groups is 1. The van der Waals surface area contributed by atoms with Crippen molar-refractivity contribution in [1.29, 1.82) is 0 Å². The third-order valence-electron chi connectivity index (χ3n) is 1.42. The first-order valence-electron chi connectivity index (χ1n) is 3.53. The van der Waals surface area contributed by atoms with Crippen molar-refractivity contribution in [3.05, 3.63) is 0 Å². The second-order valence-electron chi connectivity index (χ2n) is 3.49. The predicted molar refractivity (Wildman–Crippen MR) is 45.2 cm³/mol. The number of rotatable bonds is 2. The number of nitrogens with zero attached hydrogens (tertiary/aromatic N) is 1. The van der Waals surface area contributed by atoms with Crippen LogP contribution in [0.4, 0.5) is 0 Å². The lowest BCUT2D eigenvalue weighted by molar-refractivity contribution is 0.0123. The molecule has 0 aliphatic carbocycles. The lowest BCUT2D eigenvalue weighted by atomic mass is 10.0. The molecule has 1 heterocycles. The summed E-state index contributed by atoms with van der Waals surface area (Å²) in [6.45, 7) is 3.68. The predicted octanol–water partition coefficient (Wildman–Crippen LogP) is -0.170. The van der Waals surface area contributed by atoms with E-state index in [9.17, 15) is 8.42 Å². The van der Waals surface area contributed by atoms with Crippen molar-refractivity contribution < 1.29 is 13.3 Å². The molecule has 0 radical (unpaired) electrons. The van der Waals surface area contributed by atoms with Gasteiger partial charge in [0.15, 0.2) is 0 Å². The third kappa shape index (κ3) is 2.78. The second kappa shape index (κ2) is 2.70. The molecule has 1 rings (SSSR count). The Morgan fingerprint density at radius 2 is 2.25 bits per heavy atom. The van der Waals surface area contributed by atoms with Gasteiger partial charge in [0.25, 0.3) is 0 Å². The molecule has 0 unspecified atom stereocenters. The Kier molecular flexibility index (Phi) is 2.13.